The molecule has 1 aliphatic rings. The Kier molecular flexibility index (Phi) is 7.69. The molecule has 1 saturated heterocycles. The van der Waals surface area contributed by atoms with E-state index in [1.165, 1.54) is 16.7 Å². The van der Waals surface area contributed by atoms with Gasteiger partial charge in [-0.1, -0.05) is 18.2 Å². The predicted molar refractivity (Wildman–Crippen MR) is 137 cm³/mol. The van der Waals surface area contributed by atoms with Gasteiger partial charge >= 0.3 is 5.97 Å². The molecule has 184 valence electrons. The molecule has 3 aromatic rings. The van der Waals surface area contributed by atoms with Gasteiger partial charge in [0.25, 0.3) is 5.91 Å². The second kappa shape index (κ2) is 10.9. The molecule has 0 spiro atoms. The van der Waals surface area contributed by atoms with Crippen LogP contribution in [0.4, 0.5) is 0 Å². The highest BCUT2D eigenvalue weighted by Crippen LogP contribution is 2.34. The average molecular weight is 475 g/mol. The van der Waals surface area contributed by atoms with Gasteiger partial charge in [-0.25, -0.2) is 0 Å². The molecule has 0 radical (unpaired) electrons. The number of rotatable bonds is 7. The number of fused-ring (bicyclic) bond motifs is 1. The number of pyridine rings is 1. The number of carbonyl (C=O) groups is 2. The summed E-state index contributed by atoms with van der Waals surface area (Å²) in [6.45, 7) is 9.46. The largest absolute Gasteiger partial charge is 0.481 e. The van der Waals surface area contributed by atoms with Gasteiger partial charge in [-0.05, 0) is 86.9 Å². The monoisotopic (exact) mass is 474 g/mol. The van der Waals surface area contributed by atoms with E-state index in [1.54, 1.807) is 13.8 Å². The molecule has 2 aromatic carbocycles. The molecule has 4 rings (SSSR count). The number of piperidine rings is 1. The molecule has 2 heterocycles. The number of ether oxygens (including phenoxy) is 2. The lowest BCUT2D eigenvalue weighted by molar-refractivity contribution is -0.147. The van der Waals surface area contributed by atoms with Gasteiger partial charge in [0.15, 0.2) is 6.10 Å². The van der Waals surface area contributed by atoms with Crippen LogP contribution < -0.4 is 4.74 Å². The van der Waals surface area contributed by atoms with Crippen molar-refractivity contribution in [1.82, 2.24) is 9.88 Å². The van der Waals surface area contributed by atoms with E-state index in [1.807, 2.05) is 35.4 Å². The standard InChI is InChI=1S/C29H34N2O4/c1-5-34-27(32)16-22-10-7-15-31(18-22)29(33)21(4)35-23-11-12-24-25(13-14-30-26(24)17-23)28-19(2)8-6-9-20(28)3/h6,8-9,11-14,17,21-22H,5,7,10,15-16,18H2,1-4H3/t21-,22-/m1/s1. The number of aromatic nitrogens is 1. The summed E-state index contributed by atoms with van der Waals surface area (Å²) >= 11 is 0. The van der Waals surface area contributed by atoms with Crippen molar-refractivity contribution in [1.29, 1.82) is 0 Å². The topological polar surface area (TPSA) is 68.7 Å². The number of benzene rings is 2. The molecule has 1 aliphatic heterocycles. The molecule has 1 amide bonds. The second-order valence-corrected chi connectivity index (χ2v) is 9.37. The van der Waals surface area contributed by atoms with Gasteiger partial charge in [0.1, 0.15) is 5.75 Å². The Morgan fingerprint density at radius 1 is 1.14 bits per heavy atom. The smallest absolute Gasteiger partial charge is 0.306 e. The summed E-state index contributed by atoms with van der Waals surface area (Å²) in [6.07, 6.45) is 3.35. The van der Waals surface area contributed by atoms with Crippen LogP contribution in [0.1, 0.15) is 44.2 Å². The van der Waals surface area contributed by atoms with E-state index < -0.39 is 6.10 Å². The lowest BCUT2D eigenvalue weighted by atomic mass is 9.93. The summed E-state index contributed by atoms with van der Waals surface area (Å²) in [6, 6.07) is 14.2. The minimum Gasteiger partial charge on any atom is -0.481 e. The van der Waals surface area contributed by atoms with E-state index in [9.17, 15) is 9.59 Å². The molecule has 35 heavy (non-hydrogen) atoms. The first-order chi connectivity index (χ1) is 16.9. The van der Waals surface area contributed by atoms with Gasteiger partial charge in [0.05, 0.1) is 18.5 Å². The molecule has 0 N–H and O–H groups in total. The van der Waals surface area contributed by atoms with E-state index in [0.717, 1.165) is 29.3 Å². The third-order valence-electron chi connectivity index (χ3n) is 6.72. The number of carbonyl (C=O) groups excluding carboxylic acids is 2. The number of aryl methyl sites for hydroxylation is 2. The molecular formula is C29H34N2O4. The van der Waals surface area contributed by atoms with Crippen LogP contribution in [-0.4, -0.2) is 47.6 Å². The average Bonchev–Trinajstić information content (AvgIpc) is 2.83. The van der Waals surface area contributed by atoms with Gasteiger partial charge in [-0.15, -0.1) is 0 Å². The van der Waals surface area contributed by atoms with E-state index in [0.29, 0.717) is 31.9 Å². The molecule has 1 aromatic heterocycles. The summed E-state index contributed by atoms with van der Waals surface area (Å²) in [5.41, 5.74) is 5.64. The third kappa shape index (κ3) is 5.64. The highest BCUT2D eigenvalue weighted by atomic mass is 16.5. The summed E-state index contributed by atoms with van der Waals surface area (Å²) in [5.74, 6) is 0.493. The lowest BCUT2D eigenvalue weighted by Gasteiger charge is -2.34. The molecular weight excluding hydrogens is 440 g/mol. The SMILES string of the molecule is CCOC(=O)C[C@H]1CCCN(C(=O)[C@@H](C)Oc2ccc3c(-c4c(C)cccc4C)ccnc3c2)C1. The highest BCUT2D eigenvalue weighted by Gasteiger charge is 2.29. The predicted octanol–water partition coefficient (Wildman–Crippen LogP) is 5.48. The Balaban J connectivity index is 1.48. The first-order valence-corrected chi connectivity index (χ1v) is 12.4. The lowest BCUT2D eigenvalue weighted by Crippen LogP contribution is -2.46. The first kappa shape index (κ1) is 24.7. The van der Waals surface area contributed by atoms with Crippen LogP contribution in [0.3, 0.4) is 0 Å². The fourth-order valence-corrected chi connectivity index (χ4v) is 5.06. The normalized spacial score (nSPS) is 16.7. The zero-order valence-corrected chi connectivity index (χ0v) is 21.0. The van der Waals surface area contributed by atoms with Crippen molar-refractivity contribution in [3.05, 3.63) is 59.8 Å². The Morgan fingerprint density at radius 3 is 2.66 bits per heavy atom. The van der Waals surface area contributed by atoms with Gasteiger partial charge in [-0.2, -0.15) is 0 Å². The number of amides is 1. The summed E-state index contributed by atoms with van der Waals surface area (Å²) in [4.78, 5) is 31.4. The summed E-state index contributed by atoms with van der Waals surface area (Å²) in [5, 5.41) is 1.05. The van der Waals surface area contributed by atoms with Crippen molar-refractivity contribution in [3.63, 3.8) is 0 Å². The maximum absolute atomic E-state index is 13.1. The van der Waals surface area contributed by atoms with Gasteiger partial charge in [0.2, 0.25) is 0 Å². The number of esters is 1. The fourth-order valence-electron chi connectivity index (χ4n) is 5.06. The van der Waals surface area contributed by atoms with Crippen LogP contribution in [0.5, 0.6) is 5.75 Å². The van der Waals surface area contributed by atoms with Crippen molar-refractivity contribution in [3.8, 4) is 16.9 Å². The van der Waals surface area contributed by atoms with Crippen LogP contribution in [0, 0.1) is 19.8 Å². The summed E-state index contributed by atoms with van der Waals surface area (Å²) < 4.78 is 11.1. The maximum atomic E-state index is 13.1. The number of nitrogens with zero attached hydrogens (tertiary/aromatic N) is 2. The Hall–Kier alpha value is -3.41. The van der Waals surface area contributed by atoms with E-state index >= 15 is 0 Å². The Morgan fingerprint density at radius 2 is 1.91 bits per heavy atom. The maximum Gasteiger partial charge on any atom is 0.306 e. The van der Waals surface area contributed by atoms with Gasteiger partial charge in [-0.3, -0.25) is 14.6 Å². The highest BCUT2D eigenvalue weighted by molar-refractivity contribution is 5.96. The van der Waals surface area contributed by atoms with Crippen LogP contribution in [0.2, 0.25) is 0 Å². The van der Waals surface area contributed by atoms with Crippen molar-refractivity contribution in [2.45, 2.75) is 53.1 Å². The molecule has 0 bridgehead atoms. The molecule has 6 heteroatoms. The number of hydrogen-bond acceptors (Lipinski definition) is 5. The van der Waals surface area contributed by atoms with Crippen LogP contribution in [0.25, 0.3) is 22.0 Å². The van der Waals surface area contributed by atoms with E-state index in [-0.39, 0.29) is 17.8 Å². The van der Waals surface area contributed by atoms with Crippen molar-refractivity contribution >= 4 is 22.8 Å². The molecule has 1 fully saturated rings. The van der Waals surface area contributed by atoms with Crippen molar-refractivity contribution in [2.75, 3.05) is 19.7 Å². The second-order valence-electron chi connectivity index (χ2n) is 9.37. The number of hydrogen-bond donors (Lipinski definition) is 0. The van der Waals surface area contributed by atoms with Gasteiger partial charge in [0, 0.05) is 30.7 Å². The van der Waals surface area contributed by atoms with Crippen LogP contribution in [-0.2, 0) is 14.3 Å². The van der Waals surface area contributed by atoms with E-state index in [2.05, 4.69) is 37.0 Å². The minimum absolute atomic E-state index is 0.0594. The zero-order chi connectivity index (χ0) is 24.9. The fraction of sp³-hybridized carbons (Fsp3) is 0.414. The minimum atomic E-state index is -0.629. The molecule has 2 atom stereocenters. The molecule has 6 nitrogen and oxygen atoms in total. The van der Waals surface area contributed by atoms with Crippen LogP contribution in [0.15, 0.2) is 48.7 Å². The zero-order valence-electron chi connectivity index (χ0n) is 21.0. The summed E-state index contributed by atoms with van der Waals surface area (Å²) in [7, 11) is 0. The molecule has 0 saturated carbocycles. The van der Waals surface area contributed by atoms with Crippen LogP contribution >= 0.6 is 0 Å². The molecule has 0 unspecified atom stereocenters. The Bertz CT molecular complexity index is 1200. The van der Waals surface area contributed by atoms with Crippen molar-refractivity contribution < 1.29 is 19.1 Å². The van der Waals surface area contributed by atoms with Gasteiger partial charge < -0.3 is 14.4 Å². The Labute approximate surface area is 207 Å². The quantitative estimate of drug-likeness (QED) is 0.424. The molecule has 0 aliphatic carbocycles. The van der Waals surface area contributed by atoms with Crippen molar-refractivity contribution in [2.24, 2.45) is 5.92 Å². The third-order valence-corrected chi connectivity index (χ3v) is 6.72. The number of likely N-dealkylation sites (tertiary alicyclic amines) is 1. The first-order valence-electron chi connectivity index (χ1n) is 12.4. The van der Waals surface area contributed by atoms with E-state index in [4.69, 9.17) is 9.47 Å².